The molecular weight excluding hydrogens is 389 g/mol. The summed E-state index contributed by atoms with van der Waals surface area (Å²) in [6, 6.07) is 18.5. The number of methoxy groups -OCH3 is 1. The quantitative estimate of drug-likeness (QED) is 0.587. The first-order valence-corrected chi connectivity index (χ1v) is 9.89. The molecule has 0 saturated heterocycles. The smallest absolute Gasteiger partial charge is 0.264 e. The Morgan fingerprint density at radius 3 is 2.19 bits per heavy atom. The van der Waals surface area contributed by atoms with Crippen molar-refractivity contribution in [3.63, 3.8) is 0 Å². The van der Waals surface area contributed by atoms with E-state index < -0.39 is 15.8 Å². The largest absolute Gasteiger partial charge is 0.497 e. The number of nitrogens with zero attached hydrogens (tertiary/aromatic N) is 1. The van der Waals surface area contributed by atoms with Crippen LogP contribution in [0.2, 0.25) is 5.02 Å². The summed E-state index contributed by atoms with van der Waals surface area (Å²) in [5, 5.41) is 0.536. The standard InChI is InChI=1S/C20H17ClFNO3S/c1-26-17-10-12-18(13-11-17)27(24,25)23(20-5-3-2-4-19(20)22)14-15-6-8-16(21)9-7-15/h2-13H,14H2,1H3. The number of hydrogen-bond donors (Lipinski definition) is 0. The molecule has 0 aliphatic carbocycles. The lowest BCUT2D eigenvalue weighted by Gasteiger charge is -2.25. The molecule has 0 radical (unpaired) electrons. The van der Waals surface area contributed by atoms with Gasteiger partial charge >= 0.3 is 0 Å². The van der Waals surface area contributed by atoms with Crippen LogP contribution in [0, 0.1) is 5.82 Å². The van der Waals surface area contributed by atoms with Crippen LogP contribution in [0.5, 0.6) is 5.75 Å². The van der Waals surface area contributed by atoms with Crippen molar-refractivity contribution in [3.8, 4) is 5.75 Å². The third-order valence-electron chi connectivity index (χ3n) is 4.01. The molecule has 3 aromatic carbocycles. The van der Waals surface area contributed by atoms with Crippen molar-refractivity contribution in [1.82, 2.24) is 0 Å². The molecule has 0 aliphatic rings. The summed E-state index contributed by atoms with van der Waals surface area (Å²) < 4.78 is 47.0. The lowest BCUT2D eigenvalue weighted by molar-refractivity contribution is 0.414. The van der Waals surface area contributed by atoms with Gasteiger partial charge in [0.2, 0.25) is 0 Å². The highest BCUT2D eigenvalue weighted by Gasteiger charge is 2.27. The molecule has 0 bridgehead atoms. The van der Waals surface area contributed by atoms with Gasteiger partial charge in [-0.1, -0.05) is 35.9 Å². The van der Waals surface area contributed by atoms with Gasteiger partial charge in [0.25, 0.3) is 10.0 Å². The second-order valence-corrected chi connectivity index (χ2v) is 8.06. The van der Waals surface area contributed by atoms with Crippen molar-refractivity contribution < 1.29 is 17.5 Å². The van der Waals surface area contributed by atoms with E-state index in [1.807, 2.05) is 0 Å². The van der Waals surface area contributed by atoms with Crippen LogP contribution >= 0.6 is 11.6 Å². The van der Waals surface area contributed by atoms with Crippen molar-refractivity contribution in [3.05, 3.63) is 89.2 Å². The lowest BCUT2D eigenvalue weighted by atomic mass is 10.2. The fraction of sp³-hybridized carbons (Fsp3) is 0.100. The van der Waals surface area contributed by atoms with E-state index >= 15 is 0 Å². The first-order valence-electron chi connectivity index (χ1n) is 8.07. The second-order valence-electron chi connectivity index (χ2n) is 5.77. The molecular formula is C20H17ClFNO3S. The maximum absolute atomic E-state index is 14.4. The highest BCUT2D eigenvalue weighted by atomic mass is 35.5. The predicted octanol–water partition coefficient (Wildman–Crippen LogP) is 4.88. The van der Waals surface area contributed by atoms with Crippen molar-refractivity contribution in [2.24, 2.45) is 0 Å². The van der Waals surface area contributed by atoms with E-state index in [2.05, 4.69) is 0 Å². The lowest BCUT2D eigenvalue weighted by Crippen LogP contribution is -2.31. The van der Waals surface area contributed by atoms with Crippen LogP contribution in [0.4, 0.5) is 10.1 Å². The molecule has 140 valence electrons. The van der Waals surface area contributed by atoms with Crippen LogP contribution in [0.3, 0.4) is 0 Å². The van der Waals surface area contributed by atoms with Crippen molar-refractivity contribution >= 4 is 27.3 Å². The molecule has 0 unspecified atom stereocenters. The molecule has 0 amide bonds. The summed E-state index contributed by atoms with van der Waals surface area (Å²) in [6.45, 7) is -0.0353. The molecule has 0 aromatic heterocycles. The maximum Gasteiger partial charge on any atom is 0.264 e. The Morgan fingerprint density at radius 1 is 0.963 bits per heavy atom. The van der Waals surface area contributed by atoms with Crippen molar-refractivity contribution in [2.45, 2.75) is 11.4 Å². The van der Waals surface area contributed by atoms with Gasteiger partial charge in [-0.15, -0.1) is 0 Å². The van der Waals surface area contributed by atoms with E-state index in [1.165, 1.54) is 37.4 Å². The SMILES string of the molecule is COc1ccc(S(=O)(=O)N(Cc2ccc(Cl)cc2)c2ccccc2F)cc1. The van der Waals surface area contributed by atoms with Gasteiger partial charge in [-0.2, -0.15) is 0 Å². The Hall–Kier alpha value is -2.57. The molecule has 3 aromatic rings. The van der Waals surface area contributed by atoms with Gasteiger partial charge < -0.3 is 4.74 Å². The summed E-state index contributed by atoms with van der Waals surface area (Å²) in [5.74, 6) is -0.0901. The normalized spacial score (nSPS) is 11.2. The zero-order valence-corrected chi connectivity index (χ0v) is 16.0. The molecule has 0 atom stereocenters. The van der Waals surface area contributed by atoms with Gasteiger partial charge in [-0.25, -0.2) is 12.8 Å². The van der Waals surface area contributed by atoms with Crippen LogP contribution < -0.4 is 9.04 Å². The van der Waals surface area contributed by atoms with Gasteiger partial charge in [-0.05, 0) is 54.1 Å². The van der Waals surface area contributed by atoms with E-state index in [9.17, 15) is 12.8 Å². The molecule has 0 saturated carbocycles. The highest BCUT2D eigenvalue weighted by Crippen LogP contribution is 2.29. The summed E-state index contributed by atoms with van der Waals surface area (Å²) in [4.78, 5) is 0.0421. The van der Waals surface area contributed by atoms with Gasteiger partial charge in [0.1, 0.15) is 11.6 Å². The van der Waals surface area contributed by atoms with Crippen molar-refractivity contribution in [1.29, 1.82) is 0 Å². The molecule has 27 heavy (non-hydrogen) atoms. The van der Waals surface area contributed by atoms with Crippen LogP contribution in [-0.4, -0.2) is 15.5 Å². The maximum atomic E-state index is 14.4. The number of benzene rings is 3. The van der Waals surface area contributed by atoms with Crippen molar-refractivity contribution in [2.75, 3.05) is 11.4 Å². The van der Waals surface area contributed by atoms with Gasteiger partial charge in [0.15, 0.2) is 0 Å². The fourth-order valence-corrected chi connectivity index (χ4v) is 4.17. The number of rotatable bonds is 6. The highest BCUT2D eigenvalue weighted by molar-refractivity contribution is 7.92. The third-order valence-corrected chi connectivity index (χ3v) is 6.03. The summed E-state index contributed by atoms with van der Waals surface area (Å²) in [5.41, 5.74) is 0.656. The zero-order chi connectivity index (χ0) is 19.4. The fourth-order valence-electron chi connectivity index (χ4n) is 2.58. The number of ether oxygens (including phenoxy) is 1. The number of anilines is 1. The number of para-hydroxylation sites is 1. The summed E-state index contributed by atoms with van der Waals surface area (Å²) in [7, 11) is -2.51. The molecule has 0 heterocycles. The van der Waals surface area contributed by atoms with Gasteiger partial charge in [-0.3, -0.25) is 4.31 Å². The summed E-state index contributed by atoms with van der Waals surface area (Å²) >= 11 is 5.90. The Kier molecular flexibility index (Phi) is 5.68. The molecule has 0 fully saturated rings. The van der Waals surface area contributed by atoms with Crippen LogP contribution in [0.15, 0.2) is 77.7 Å². The minimum atomic E-state index is -4.01. The van der Waals surface area contributed by atoms with E-state index in [1.54, 1.807) is 42.5 Å². The van der Waals surface area contributed by atoms with Gasteiger partial charge in [0.05, 0.1) is 24.2 Å². The van der Waals surface area contributed by atoms with Crippen LogP contribution in [-0.2, 0) is 16.6 Å². The third kappa shape index (κ3) is 4.23. The Balaban J connectivity index is 2.07. The zero-order valence-electron chi connectivity index (χ0n) is 14.5. The average molecular weight is 406 g/mol. The molecule has 4 nitrogen and oxygen atoms in total. The van der Waals surface area contributed by atoms with E-state index in [0.717, 1.165) is 4.31 Å². The van der Waals surface area contributed by atoms with E-state index in [4.69, 9.17) is 16.3 Å². The first kappa shape index (κ1) is 19.2. The molecule has 3 rings (SSSR count). The second kappa shape index (κ2) is 7.98. The number of sulfonamides is 1. The molecule has 0 spiro atoms. The molecule has 0 N–H and O–H groups in total. The van der Waals surface area contributed by atoms with Crippen LogP contribution in [0.25, 0.3) is 0 Å². The number of halogens is 2. The first-order chi connectivity index (χ1) is 12.9. The van der Waals surface area contributed by atoms with Crippen LogP contribution in [0.1, 0.15) is 5.56 Å². The van der Waals surface area contributed by atoms with E-state index in [0.29, 0.717) is 16.3 Å². The predicted molar refractivity (Wildman–Crippen MR) is 104 cm³/mol. The Bertz CT molecular complexity index is 1020. The van der Waals surface area contributed by atoms with Gasteiger partial charge in [0, 0.05) is 5.02 Å². The monoisotopic (exact) mass is 405 g/mol. The summed E-state index contributed by atoms with van der Waals surface area (Å²) in [6.07, 6.45) is 0. The Morgan fingerprint density at radius 2 is 1.59 bits per heavy atom. The minimum absolute atomic E-state index is 0.0248. The molecule has 7 heteroatoms. The molecule has 0 aliphatic heterocycles. The Labute approximate surface area is 162 Å². The average Bonchev–Trinajstić information content (AvgIpc) is 2.68. The van der Waals surface area contributed by atoms with E-state index in [-0.39, 0.29) is 17.1 Å². The minimum Gasteiger partial charge on any atom is -0.497 e. The number of hydrogen-bond acceptors (Lipinski definition) is 3. The topological polar surface area (TPSA) is 46.6 Å².